The monoisotopic (exact) mass is 355 g/mol. The first-order valence-electron chi connectivity index (χ1n) is 7.80. The van der Waals surface area contributed by atoms with Gasteiger partial charge in [0, 0.05) is 17.4 Å². The fourth-order valence-electron chi connectivity index (χ4n) is 2.47. The number of rotatable bonds is 6. The van der Waals surface area contributed by atoms with Gasteiger partial charge in [0.05, 0.1) is 27.0 Å². The molecule has 3 rings (SSSR count). The van der Waals surface area contributed by atoms with Gasteiger partial charge in [-0.3, -0.25) is 0 Å². The smallest absolute Gasteiger partial charge is 0.227 e. The predicted molar refractivity (Wildman–Crippen MR) is 96.8 cm³/mol. The largest absolute Gasteiger partial charge is 0.493 e. The summed E-state index contributed by atoms with van der Waals surface area (Å²) in [5, 5.41) is 3.04. The number of hydrogen-bond donors (Lipinski definition) is 1. The lowest BCUT2D eigenvalue weighted by Crippen LogP contribution is -1.99. The number of nitrogens with zero attached hydrogens (tertiary/aromatic N) is 2. The van der Waals surface area contributed by atoms with E-state index in [4.69, 9.17) is 14.2 Å². The molecule has 26 heavy (non-hydrogen) atoms. The van der Waals surface area contributed by atoms with Gasteiger partial charge < -0.3 is 19.5 Å². The highest BCUT2D eigenvalue weighted by Gasteiger charge is 2.15. The van der Waals surface area contributed by atoms with Crippen LogP contribution in [-0.2, 0) is 0 Å². The zero-order valence-electron chi connectivity index (χ0n) is 14.6. The van der Waals surface area contributed by atoms with Crippen molar-refractivity contribution in [2.45, 2.75) is 0 Å². The minimum atomic E-state index is -0.303. The Labute approximate surface area is 150 Å². The van der Waals surface area contributed by atoms with E-state index in [9.17, 15) is 4.39 Å². The van der Waals surface area contributed by atoms with Crippen molar-refractivity contribution >= 4 is 11.6 Å². The number of benzene rings is 2. The molecule has 0 unspecified atom stereocenters. The molecule has 2 aromatic carbocycles. The standard InChI is InChI=1S/C19H18FN3O3/c1-24-16-10-12(11-17(25-2)18(16)26-3)15-8-9-21-19(23-15)22-14-6-4-13(20)5-7-14/h4-11H,1-3H3,(H,21,22,23). The van der Waals surface area contributed by atoms with Gasteiger partial charge in [-0.1, -0.05) is 0 Å². The first-order valence-corrected chi connectivity index (χ1v) is 7.80. The summed E-state index contributed by atoms with van der Waals surface area (Å²) in [4.78, 5) is 8.70. The van der Waals surface area contributed by atoms with Gasteiger partial charge in [-0.05, 0) is 42.5 Å². The van der Waals surface area contributed by atoms with E-state index in [1.165, 1.54) is 12.1 Å². The van der Waals surface area contributed by atoms with Gasteiger partial charge in [0.2, 0.25) is 11.7 Å². The summed E-state index contributed by atoms with van der Waals surface area (Å²) in [6.45, 7) is 0. The number of hydrogen-bond acceptors (Lipinski definition) is 6. The van der Waals surface area contributed by atoms with Crippen molar-refractivity contribution in [2.75, 3.05) is 26.6 Å². The molecule has 1 aromatic heterocycles. The molecule has 0 saturated heterocycles. The highest BCUT2D eigenvalue weighted by atomic mass is 19.1. The Balaban J connectivity index is 1.96. The molecule has 0 aliphatic rings. The van der Waals surface area contributed by atoms with E-state index in [1.807, 2.05) is 12.1 Å². The van der Waals surface area contributed by atoms with Gasteiger partial charge in [-0.25, -0.2) is 14.4 Å². The van der Waals surface area contributed by atoms with Crippen LogP contribution in [0.5, 0.6) is 17.2 Å². The maximum atomic E-state index is 13.0. The van der Waals surface area contributed by atoms with E-state index in [0.29, 0.717) is 34.6 Å². The van der Waals surface area contributed by atoms with Crippen LogP contribution in [0.2, 0.25) is 0 Å². The third kappa shape index (κ3) is 3.66. The average molecular weight is 355 g/mol. The predicted octanol–water partition coefficient (Wildman–Crippen LogP) is 4.05. The topological polar surface area (TPSA) is 65.5 Å². The van der Waals surface area contributed by atoms with Crippen molar-refractivity contribution in [3.05, 3.63) is 54.5 Å². The zero-order chi connectivity index (χ0) is 18.5. The lowest BCUT2D eigenvalue weighted by molar-refractivity contribution is 0.324. The van der Waals surface area contributed by atoms with Crippen molar-refractivity contribution in [3.8, 4) is 28.5 Å². The molecule has 1 N–H and O–H groups in total. The molecule has 134 valence electrons. The van der Waals surface area contributed by atoms with Crippen molar-refractivity contribution in [1.29, 1.82) is 0 Å². The van der Waals surface area contributed by atoms with Crippen LogP contribution in [0.1, 0.15) is 0 Å². The summed E-state index contributed by atoms with van der Waals surface area (Å²) in [7, 11) is 4.67. The Morgan fingerprint density at radius 1 is 0.885 bits per heavy atom. The van der Waals surface area contributed by atoms with E-state index in [-0.39, 0.29) is 5.82 Å². The minimum absolute atomic E-state index is 0.303. The Bertz CT molecular complexity index is 876. The van der Waals surface area contributed by atoms with Crippen LogP contribution in [0.25, 0.3) is 11.3 Å². The van der Waals surface area contributed by atoms with E-state index in [2.05, 4.69) is 15.3 Å². The van der Waals surface area contributed by atoms with Crippen LogP contribution >= 0.6 is 0 Å². The van der Waals surface area contributed by atoms with Crippen molar-refractivity contribution in [3.63, 3.8) is 0 Å². The minimum Gasteiger partial charge on any atom is -0.493 e. The van der Waals surface area contributed by atoms with Gasteiger partial charge in [-0.2, -0.15) is 0 Å². The number of ether oxygens (including phenoxy) is 3. The Morgan fingerprint density at radius 3 is 2.12 bits per heavy atom. The molecular formula is C19H18FN3O3. The summed E-state index contributed by atoms with van der Waals surface area (Å²) in [5.41, 5.74) is 2.14. The molecule has 0 aliphatic heterocycles. The van der Waals surface area contributed by atoms with Crippen LogP contribution in [0, 0.1) is 5.82 Å². The first-order chi connectivity index (χ1) is 12.6. The van der Waals surface area contributed by atoms with E-state index in [0.717, 1.165) is 5.56 Å². The molecule has 7 heteroatoms. The van der Waals surface area contributed by atoms with Crippen molar-refractivity contribution in [2.24, 2.45) is 0 Å². The van der Waals surface area contributed by atoms with Crippen LogP contribution in [-0.4, -0.2) is 31.3 Å². The molecule has 0 aliphatic carbocycles. The lowest BCUT2D eigenvalue weighted by Gasteiger charge is -2.14. The SMILES string of the molecule is COc1cc(-c2ccnc(Nc3ccc(F)cc3)n2)cc(OC)c1OC. The number of halogens is 1. The van der Waals surface area contributed by atoms with E-state index >= 15 is 0 Å². The van der Waals surface area contributed by atoms with E-state index in [1.54, 1.807) is 45.7 Å². The number of nitrogens with one attached hydrogen (secondary N) is 1. The third-order valence-electron chi connectivity index (χ3n) is 3.72. The Morgan fingerprint density at radius 2 is 1.54 bits per heavy atom. The molecule has 0 bridgehead atoms. The number of aromatic nitrogens is 2. The van der Waals surface area contributed by atoms with E-state index < -0.39 is 0 Å². The molecule has 0 fully saturated rings. The maximum absolute atomic E-state index is 13.0. The molecule has 0 amide bonds. The Hall–Kier alpha value is -3.35. The summed E-state index contributed by atoms with van der Waals surface area (Å²) in [6, 6.07) is 11.4. The maximum Gasteiger partial charge on any atom is 0.227 e. The van der Waals surface area contributed by atoms with Crippen molar-refractivity contribution in [1.82, 2.24) is 9.97 Å². The van der Waals surface area contributed by atoms with Gasteiger partial charge in [0.25, 0.3) is 0 Å². The molecule has 0 radical (unpaired) electrons. The number of methoxy groups -OCH3 is 3. The summed E-state index contributed by atoms with van der Waals surface area (Å²) in [5.74, 6) is 1.67. The molecule has 6 nitrogen and oxygen atoms in total. The quantitative estimate of drug-likeness (QED) is 0.720. The second-order valence-electron chi connectivity index (χ2n) is 5.31. The fraction of sp³-hybridized carbons (Fsp3) is 0.158. The fourth-order valence-corrected chi connectivity index (χ4v) is 2.47. The molecular weight excluding hydrogens is 337 g/mol. The van der Waals surface area contributed by atoms with Crippen molar-refractivity contribution < 1.29 is 18.6 Å². The number of anilines is 2. The van der Waals surface area contributed by atoms with Gasteiger partial charge >= 0.3 is 0 Å². The van der Waals surface area contributed by atoms with Gasteiger partial charge in [0.1, 0.15) is 5.82 Å². The second kappa shape index (κ2) is 7.69. The molecule has 3 aromatic rings. The Kier molecular flexibility index (Phi) is 5.17. The molecule has 1 heterocycles. The zero-order valence-corrected chi connectivity index (χ0v) is 14.6. The summed E-state index contributed by atoms with van der Waals surface area (Å²) in [6.07, 6.45) is 1.64. The third-order valence-corrected chi connectivity index (χ3v) is 3.72. The summed E-state index contributed by atoms with van der Waals surface area (Å²) >= 11 is 0. The van der Waals surface area contributed by atoms with Crippen LogP contribution in [0.4, 0.5) is 16.0 Å². The first kappa shape index (κ1) is 17.5. The highest BCUT2D eigenvalue weighted by molar-refractivity contribution is 5.69. The van der Waals surface area contributed by atoms with Crippen LogP contribution in [0.15, 0.2) is 48.7 Å². The molecule has 0 atom stereocenters. The van der Waals surface area contributed by atoms with Crippen LogP contribution in [0.3, 0.4) is 0 Å². The molecule has 0 spiro atoms. The van der Waals surface area contributed by atoms with Gasteiger partial charge in [-0.15, -0.1) is 0 Å². The van der Waals surface area contributed by atoms with Gasteiger partial charge in [0.15, 0.2) is 11.5 Å². The lowest BCUT2D eigenvalue weighted by atomic mass is 10.1. The second-order valence-corrected chi connectivity index (χ2v) is 5.31. The highest BCUT2D eigenvalue weighted by Crippen LogP contribution is 2.40. The van der Waals surface area contributed by atoms with Crippen LogP contribution < -0.4 is 19.5 Å². The summed E-state index contributed by atoms with van der Waals surface area (Å²) < 4.78 is 29.1. The normalized spacial score (nSPS) is 10.3. The molecule has 0 saturated carbocycles. The average Bonchev–Trinajstić information content (AvgIpc) is 2.68.